The van der Waals surface area contributed by atoms with Crippen LogP contribution in [0.4, 0.5) is 0 Å². The summed E-state index contributed by atoms with van der Waals surface area (Å²) in [5.74, 6) is -0.120. The van der Waals surface area contributed by atoms with Crippen molar-refractivity contribution in [2.24, 2.45) is 0 Å². The number of H-pyrrole nitrogens is 1. The van der Waals surface area contributed by atoms with Crippen molar-refractivity contribution in [2.75, 3.05) is 26.8 Å². The van der Waals surface area contributed by atoms with Crippen LogP contribution in [0.15, 0.2) is 12.3 Å². The first-order chi connectivity index (χ1) is 14.0. The molecule has 1 fully saturated rings. The van der Waals surface area contributed by atoms with Gasteiger partial charge in [0.2, 0.25) is 0 Å². The van der Waals surface area contributed by atoms with Crippen LogP contribution in [-0.4, -0.2) is 68.7 Å². The molecule has 2 aliphatic heterocycles. The van der Waals surface area contributed by atoms with Crippen LogP contribution in [-0.2, 0) is 17.8 Å². The number of nitrogens with one attached hydrogen (secondary N) is 1. The average molecular weight is 395 g/mol. The van der Waals surface area contributed by atoms with Crippen LogP contribution in [0.2, 0.25) is 0 Å². The first-order valence-electron chi connectivity index (χ1n) is 10.1. The van der Waals surface area contributed by atoms with Crippen molar-refractivity contribution >= 4 is 24.0 Å². The minimum atomic E-state index is -0.285. The normalized spacial score (nSPS) is 19.3. The largest absolute Gasteiger partial charge is 0.376 e. The summed E-state index contributed by atoms with van der Waals surface area (Å²) in [6.45, 7) is 4.61. The van der Waals surface area contributed by atoms with E-state index in [0.29, 0.717) is 44.1 Å². The van der Waals surface area contributed by atoms with Gasteiger partial charge in [0, 0.05) is 18.9 Å². The van der Waals surface area contributed by atoms with Gasteiger partial charge in [0.15, 0.2) is 0 Å². The van der Waals surface area contributed by atoms with Gasteiger partial charge < -0.3 is 19.5 Å². The number of amides is 2. The van der Waals surface area contributed by atoms with Gasteiger partial charge in [-0.25, -0.2) is 0 Å². The maximum Gasteiger partial charge on any atom is 0.270 e. The van der Waals surface area contributed by atoms with Crippen LogP contribution in [0.5, 0.6) is 0 Å². The molecule has 2 aromatic rings. The Balaban J connectivity index is 1.39. The molecule has 0 atom stereocenters. The van der Waals surface area contributed by atoms with Crippen LogP contribution in [0, 0.1) is 0 Å². The summed E-state index contributed by atoms with van der Waals surface area (Å²) in [6.07, 6.45) is 7.92. The summed E-state index contributed by atoms with van der Waals surface area (Å²) in [4.78, 5) is 33.0. The monoisotopic (exact) mass is 395 g/mol. The Morgan fingerprint density at radius 3 is 2.76 bits per heavy atom. The van der Waals surface area contributed by atoms with Crippen molar-refractivity contribution in [3.05, 3.63) is 39.8 Å². The second-order valence-corrected chi connectivity index (χ2v) is 8.35. The second kappa shape index (κ2) is 6.59. The maximum absolute atomic E-state index is 13.1. The highest BCUT2D eigenvalue weighted by Crippen LogP contribution is 2.26. The molecule has 2 amide bonds. The number of ether oxygens (including phenoxy) is 1. The molecule has 0 saturated carbocycles. The molecule has 29 heavy (non-hydrogen) atoms. The lowest BCUT2D eigenvalue weighted by Gasteiger charge is -2.45. The highest BCUT2D eigenvalue weighted by atomic mass is 16.5. The SMILES string of the molecule is CN(C(=O)c1cnn2c1CN(C(=O)c1cc3c([nH]1)=CCCC=3)CC2)C1(C)COC1. The first kappa shape index (κ1) is 18.2. The van der Waals surface area contributed by atoms with Crippen LogP contribution in [0.1, 0.15) is 46.3 Å². The van der Waals surface area contributed by atoms with Crippen molar-refractivity contribution in [3.8, 4) is 0 Å². The van der Waals surface area contributed by atoms with Gasteiger partial charge in [-0.05, 0) is 31.1 Å². The van der Waals surface area contributed by atoms with E-state index < -0.39 is 0 Å². The molecule has 0 spiro atoms. The molecule has 0 aromatic carbocycles. The lowest BCUT2D eigenvalue weighted by atomic mass is 9.97. The molecule has 5 rings (SSSR count). The lowest BCUT2D eigenvalue weighted by Crippen LogP contribution is -2.60. The Labute approximate surface area is 168 Å². The van der Waals surface area contributed by atoms with E-state index in [9.17, 15) is 9.59 Å². The van der Waals surface area contributed by atoms with Crippen LogP contribution >= 0.6 is 0 Å². The minimum absolute atomic E-state index is 0.0419. The van der Waals surface area contributed by atoms with Gasteiger partial charge in [-0.1, -0.05) is 12.2 Å². The number of hydrogen-bond donors (Lipinski definition) is 1. The molecule has 152 valence electrons. The van der Waals surface area contributed by atoms with Gasteiger partial charge in [0.05, 0.1) is 49.3 Å². The third-order valence-corrected chi connectivity index (χ3v) is 6.32. The molecule has 0 unspecified atom stereocenters. The molecule has 3 aliphatic rings. The fraction of sp³-hybridized carbons (Fsp3) is 0.476. The van der Waals surface area contributed by atoms with Crippen LogP contribution in [0.25, 0.3) is 12.2 Å². The zero-order chi connectivity index (χ0) is 20.2. The second-order valence-electron chi connectivity index (χ2n) is 8.35. The average Bonchev–Trinajstić information content (AvgIpc) is 3.33. The van der Waals surface area contributed by atoms with Crippen molar-refractivity contribution < 1.29 is 14.3 Å². The summed E-state index contributed by atoms with van der Waals surface area (Å²) in [5, 5.41) is 6.50. The third kappa shape index (κ3) is 2.90. The Hall–Kier alpha value is -2.87. The highest BCUT2D eigenvalue weighted by Gasteiger charge is 2.41. The van der Waals surface area contributed by atoms with E-state index in [4.69, 9.17) is 4.74 Å². The number of nitrogens with zero attached hydrogens (tertiary/aromatic N) is 4. The summed E-state index contributed by atoms with van der Waals surface area (Å²) >= 11 is 0. The predicted molar refractivity (Wildman–Crippen MR) is 106 cm³/mol. The van der Waals surface area contributed by atoms with Crippen molar-refractivity contribution in [1.29, 1.82) is 0 Å². The molecular formula is C21H25N5O3. The van der Waals surface area contributed by atoms with Gasteiger partial charge >= 0.3 is 0 Å². The van der Waals surface area contributed by atoms with Gasteiger partial charge in [0.1, 0.15) is 5.69 Å². The van der Waals surface area contributed by atoms with Crippen molar-refractivity contribution in [3.63, 3.8) is 0 Å². The van der Waals surface area contributed by atoms with E-state index >= 15 is 0 Å². The highest BCUT2D eigenvalue weighted by molar-refractivity contribution is 5.96. The Morgan fingerprint density at radius 2 is 2.03 bits per heavy atom. The number of aromatic amines is 1. The number of fused-ring (bicyclic) bond motifs is 2. The summed E-state index contributed by atoms with van der Waals surface area (Å²) in [6, 6.07) is 1.93. The Morgan fingerprint density at radius 1 is 1.24 bits per heavy atom. The van der Waals surface area contributed by atoms with Gasteiger partial charge in [-0.3, -0.25) is 14.3 Å². The van der Waals surface area contributed by atoms with Crippen molar-refractivity contribution in [1.82, 2.24) is 24.6 Å². The number of likely N-dealkylation sites (N-methyl/N-ethyl adjacent to an activating group) is 1. The molecule has 1 saturated heterocycles. The Bertz CT molecular complexity index is 1070. The molecule has 1 N–H and O–H groups in total. The Kier molecular flexibility index (Phi) is 4.13. The number of carbonyl (C=O) groups is 2. The van der Waals surface area contributed by atoms with Gasteiger partial charge in [-0.15, -0.1) is 0 Å². The van der Waals surface area contributed by atoms with E-state index in [0.717, 1.165) is 29.1 Å². The topological polar surface area (TPSA) is 83.5 Å². The number of aromatic nitrogens is 3. The standard InChI is InChI=1S/C21H25N5O3/c1-21(12-29-13-21)24(2)19(27)15-10-22-26-8-7-25(11-18(15)26)20(28)17-9-14-5-3-4-6-16(14)23-17/h5-6,9-10,23H,3-4,7-8,11-13H2,1-2H3. The van der Waals surface area contributed by atoms with E-state index in [2.05, 4.69) is 22.2 Å². The quantitative estimate of drug-likeness (QED) is 0.798. The maximum atomic E-state index is 13.1. The molecule has 0 bridgehead atoms. The van der Waals surface area contributed by atoms with Crippen LogP contribution in [0.3, 0.4) is 0 Å². The smallest absolute Gasteiger partial charge is 0.270 e. The minimum Gasteiger partial charge on any atom is -0.376 e. The van der Waals surface area contributed by atoms with E-state index in [-0.39, 0.29) is 17.4 Å². The van der Waals surface area contributed by atoms with E-state index in [1.165, 1.54) is 0 Å². The summed E-state index contributed by atoms with van der Waals surface area (Å²) < 4.78 is 7.13. The molecule has 1 aliphatic carbocycles. The third-order valence-electron chi connectivity index (χ3n) is 6.32. The molecule has 4 heterocycles. The fourth-order valence-corrected chi connectivity index (χ4v) is 4.19. The molecule has 8 nitrogen and oxygen atoms in total. The zero-order valence-electron chi connectivity index (χ0n) is 16.8. The summed E-state index contributed by atoms with van der Waals surface area (Å²) in [5.41, 5.74) is 1.67. The van der Waals surface area contributed by atoms with Gasteiger partial charge in [-0.2, -0.15) is 5.10 Å². The molecule has 0 radical (unpaired) electrons. The van der Waals surface area contributed by atoms with E-state index in [1.807, 2.05) is 17.7 Å². The van der Waals surface area contributed by atoms with Crippen molar-refractivity contribution in [2.45, 2.75) is 38.4 Å². The number of rotatable bonds is 3. The number of hydrogen-bond acceptors (Lipinski definition) is 4. The predicted octanol–water partition coefficient (Wildman–Crippen LogP) is 0.0829. The van der Waals surface area contributed by atoms with E-state index in [1.54, 1.807) is 23.0 Å². The number of carbonyl (C=O) groups excluding carboxylic acids is 2. The molecule has 2 aromatic heterocycles. The van der Waals surface area contributed by atoms with Crippen LogP contribution < -0.4 is 10.6 Å². The first-order valence-corrected chi connectivity index (χ1v) is 10.1. The zero-order valence-corrected chi connectivity index (χ0v) is 16.8. The molecule has 8 heteroatoms. The van der Waals surface area contributed by atoms with Gasteiger partial charge in [0.25, 0.3) is 11.8 Å². The molecular weight excluding hydrogens is 370 g/mol. The lowest BCUT2D eigenvalue weighted by molar-refractivity contribution is -0.108. The summed E-state index contributed by atoms with van der Waals surface area (Å²) in [7, 11) is 1.80. The fourth-order valence-electron chi connectivity index (χ4n) is 4.19.